The molecular formula is C15H21N5O. The van der Waals surface area contributed by atoms with Crippen molar-refractivity contribution < 1.29 is 4.74 Å². The number of aromatic nitrogens is 4. The van der Waals surface area contributed by atoms with Gasteiger partial charge in [-0.3, -0.25) is 4.68 Å². The van der Waals surface area contributed by atoms with Gasteiger partial charge in [0.15, 0.2) is 0 Å². The zero-order valence-corrected chi connectivity index (χ0v) is 12.6. The summed E-state index contributed by atoms with van der Waals surface area (Å²) in [6, 6.07) is 1.95. The molecule has 1 aliphatic heterocycles. The third-order valence-corrected chi connectivity index (χ3v) is 3.75. The van der Waals surface area contributed by atoms with Gasteiger partial charge in [-0.15, -0.1) is 0 Å². The van der Waals surface area contributed by atoms with E-state index in [1.165, 1.54) is 0 Å². The molecule has 2 aromatic rings. The number of aryl methyl sites for hydroxylation is 1. The highest BCUT2D eigenvalue weighted by Crippen LogP contribution is 2.23. The van der Waals surface area contributed by atoms with Crippen LogP contribution in [0, 0.1) is 6.92 Å². The van der Waals surface area contributed by atoms with Crippen LogP contribution in [-0.4, -0.2) is 46.1 Å². The Morgan fingerprint density at radius 1 is 1.29 bits per heavy atom. The van der Waals surface area contributed by atoms with E-state index in [9.17, 15) is 0 Å². The smallest absolute Gasteiger partial charge is 0.226 e. The summed E-state index contributed by atoms with van der Waals surface area (Å²) in [7, 11) is 0. The lowest BCUT2D eigenvalue weighted by Gasteiger charge is -2.26. The van der Waals surface area contributed by atoms with Crippen LogP contribution in [0.15, 0.2) is 18.5 Å². The van der Waals surface area contributed by atoms with Crippen LogP contribution in [0.4, 0.5) is 5.95 Å². The molecule has 3 rings (SSSR count). The Hall–Kier alpha value is -1.95. The molecule has 1 saturated heterocycles. The largest absolute Gasteiger partial charge is 0.378 e. The van der Waals surface area contributed by atoms with Crippen LogP contribution in [0.3, 0.4) is 0 Å². The van der Waals surface area contributed by atoms with Crippen LogP contribution in [0.2, 0.25) is 0 Å². The standard InChI is InChI=1S/C15H21N5O/c1-3-6-20-12(2)13(11-17-20)14-4-5-16-15(18-14)19-7-9-21-10-8-19/h4-5,11H,3,6-10H2,1-2H3. The molecule has 0 N–H and O–H groups in total. The Balaban J connectivity index is 1.88. The molecule has 0 aliphatic carbocycles. The molecule has 0 amide bonds. The van der Waals surface area contributed by atoms with Gasteiger partial charge in [-0.1, -0.05) is 6.92 Å². The van der Waals surface area contributed by atoms with Gasteiger partial charge in [-0.2, -0.15) is 5.10 Å². The molecule has 0 atom stereocenters. The number of hydrogen-bond acceptors (Lipinski definition) is 5. The van der Waals surface area contributed by atoms with Gasteiger partial charge in [0.1, 0.15) is 0 Å². The zero-order valence-electron chi connectivity index (χ0n) is 12.6. The second-order valence-electron chi connectivity index (χ2n) is 5.21. The van der Waals surface area contributed by atoms with E-state index in [0.717, 1.165) is 62.2 Å². The first-order valence-corrected chi connectivity index (χ1v) is 7.48. The maximum absolute atomic E-state index is 5.37. The van der Waals surface area contributed by atoms with Gasteiger partial charge in [0, 0.05) is 37.1 Å². The minimum atomic E-state index is 0.737. The van der Waals surface area contributed by atoms with E-state index >= 15 is 0 Å². The SMILES string of the molecule is CCCn1ncc(-c2ccnc(N3CCOCC3)n2)c1C. The maximum atomic E-state index is 5.37. The fourth-order valence-electron chi connectivity index (χ4n) is 2.55. The molecule has 6 heteroatoms. The minimum absolute atomic E-state index is 0.737. The van der Waals surface area contributed by atoms with Crippen molar-refractivity contribution in [2.75, 3.05) is 31.2 Å². The average Bonchev–Trinajstić information content (AvgIpc) is 2.90. The molecule has 21 heavy (non-hydrogen) atoms. The Morgan fingerprint density at radius 2 is 2.10 bits per heavy atom. The maximum Gasteiger partial charge on any atom is 0.226 e. The molecule has 0 unspecified atom stereocenters. The summed E-state index contributed by atoms with van der Waals surface area (Å²) >= 11 is 0. The third kappa shape index (κ3) is 2.90. The summed E-state index contributed by atoms with van der Waals surface area (Å²) in [5, 5.41) is 4.45. The minimum Gasteiger partial charge on any atom is -0.378 e. The molecule has 6 nitrogen and oxygen atoms in total. The Labute approximate surface area is 124 Å². The second-order valence-corrected chi connectivity index (χ2v) is 5.21. The van der Waals surface area contributed by atoms with Gasteiger partial charge in [0.05, 0.1) is 25.1 Å². The van der Waals surface area contributed by atoms with Crippen molar-refractivity contribution in [1.29, 1.82) is 0 Å². The van der Waals surface area contributed by atoms with Gasteiger partial charge < -0.3 is 9.64 Å². The van der Waals surface area contributed by atoms with E-state index in [0.29, 0.717) is 0 Å². The molecule has 2 aromatic heterocycles. The van der Waals surface area contributed by atoms with Gasteiger partial charge >= 0.3 is 0 Å². The third-order valence-electron chi connectivity index (χ3n) is 3.75. The number of ether oxygens (including phenoxy) is 1. The average molecular weight is 287 g/mol. The van der Waals surface area contributed by atoms with Crippen molar-refractivity contribution in [3.05, 3.63) is 24.2 Å². The predicted molar refractivity (Wildman–Crippen MR) is 81.3 cm³/mol. The topological polar surface area (TPSA) is 56.1 Å². The van der Waals surface area contributed by atoms with Crippen LogP contribution < -0.4 is 4.90 Å². The van der Waals surface area contributed by atoms with Crippen LogP contribution in [-0.2, 0) is 11.3 Å². The van der Waals surface area contributed by atoms with Gasteiger partial charge in [-0.25, -0.2) is 9.97 Å². The lowest BCUT2D eigenvalue weighted by atomic mass is 10.2. The summed E-state index contributed by atoms with van der Waals surface area (Å²) in [5.41, 5.74) is 3.18. The Morgan fingerprint density at radius 3 is 2.86 bits per heavy atom. The molecule has 112 valence electrons. The van der Waals surface area contributed by atoms with Crippen molar-refractivity contribution in [3.8, 4) is 11.3 Å². The van der Waals surface area contributed by atoms with Crippen LogP contribution in [0.1, 0.15) is 19.0 Å². The quantitative estimate of drug-likeness (QED) is 0.859. The fraction of sp³-hybridized carbons (Fsp3) is 0.533. The summed E-state index contributed by atoms with van der Waals surface area (Å²) in [5.74, 6) is 0.776. The molecule has 0 radical (unpaired) electrons. The molecule has 0 aromatic carbocycles. The van der Waals surface area contributed by atoms with E-state index in [4.69, 9.17) is 9.72 Å². The first kappa shape index (κ1) is 14.0. The van der Waals surface area contributed by atoms with Crippen LogP contribution in [0.25, 0.3) is 11.3 Å². The van der Waals surface area contributed by atoms with Crippen molar-refractivity contribution in [2.24, 2.45) is 0 Å². The fourth-order valence-corrected chi connectivity index (χ4v) is 2.55. The van der Waals surface area contributed by atoms with Gasteiger partial charge in [0.2, 0.25) is 5.95 Å². The summed E-state index contributed by atoms with van der Waals surface area (Å²) < 4.78 is 7.41. The van der Waals surface area contributed by atoms with E-state index < -0.39 is 0 Å². The lowest BCUT2D eigenvalue weighted by Crippen LogP contribution is -2.37. The number of nitrogens with zero attached hydrogens (tertiary/aromatic N) is 5. The van der Waals surface area contributed by atoms with Crippen LogP contribution in [0.5, 0.6) is 0 Å². The Bertz CT molecular complexity index is 604. The number of hydrogen-bond donors (Lipinski definition) is 0. The summed E-state index contributed by atoms with van der Waals surface area (Å²) in [6.07, 6.45) is 4.80. The highest BCUT2D eigenvalue weighted by Gasteiger charge is 2.16. The van der Waals surface area contributed by atoms with Crippen molar-refractivity contribution >= 4 is 5.95 Å². The normalized spacial score (nSPS) is 15.4. The first-order chi connectivity index (χ1) is 10.3. The molecule has 1 aliphatic rings. The van der Waals surface area contributed by atoms with E-state index in [2.05, 4.69) is 28.8 Å². The lowest BCUT2D eigenvalue weighted by molar-refractivity contribution is 0.122. The first-order valence-electron chi connectivity index (χ1n) is 7.48. The Kier molecular flexibility index (Phi) is 4.15. The molecule has 1 fully saturated rings. The number of anilines is 1. The molecule has 3 heterocycles. The van der Waals surface area contributed by atoms with Crippen LogP contribution >= 0.6 is 0 Å². The van der Waals surface area contributed by atoms with Crippen molar-refractivity contribution in [1.82, 2.24) is 19.7 Å². The predicted octanol–water partition coefficient (Wildman–Crippen LogP) is 1.90. The van der Waals surface area contributed by atoms with E-state index in [1.54, 1.807) is 0 Å². The van der Waals surface area contributed by atoms with Gasteiger partial charge in [0.25, 0.3) is 0 Å². The van der Waals surface area contributed by atoms with Gasteiger partial charge in [-0.05, 0) is 19.4 Å². The molecule has 0 bridgehead atoms. The summed E-state index contributed by atoms with van der Waals surface area (Å²) in [4.78, 5) is 11.3. The van der Waals surface area contributed by atoms with Crippen molar-refractivity contribution in [3.63, 3.8) is 0 Å². The van der Waals surface area contributed by atoms with E-state index in [-0.39, 0.29) is 0 Å². The monoisotopic (exact) mass is 287 g/mol. The van der Waals surface area contributed by atoms with E-state index in [1.807, 2.05) is 23.1 Å². The molecular weight excluding hydrogens is 266 g/mol. The van der Waals surface area contributed by atoms with Crippen molar-refractivity contribution in [2.45, 2.75) is 26.8 Å². The second kappa shape index (κ2) is 6.22. The zero-order chi connectivity index (χ0) is 14.7. The molecule has 0 saturated carbocycles. The summed E-state index contributed by atoms with van der Waals surface area (Å²) in [6.45, 7) is 8.35. The number of rotatable bonds is 4. The molecule has 0 spiro atoms. The highest BCUT2D eigenvalue weighted by atomic mass is 16.5. The highest BCUT2D eigenvalue weighted by molar-refractivity contribution is 5.62. The number of morpholine rings is 1.